The number of cyclic esters (lactones) is 1. The fourth-order valence-electron chi connectivity index (χ4n) is 8.04. The molecule has 3 fully saturated rings. The van der Waals surface area contributed by atoms with E-state index in [1.165, 1.54) is 44.6 Å². The number of esters is 2. The minimum absolute atomic E-state index is 0.123. The lowest BCUT2D eigenvalue weighted by Crippen LogP contribution is -2.52. The molecule has 5 aliphatic rings. The predicted molar refractivity (Wildman–Crippen MR) is 110 cm³/mol. The summed E-state index contributed by atoms with van der Waals surface area (Å²) in [6.07, 6.45) is 13.7. The summed E-state index contributed by atoms with van der Waals surface area (Å²) in [6.45, 7) is 7.00. The first-order chi connectivity index (χ1) is 13.8. The first-order valence-electron chi connectivity index (χ1n) is 11.6. The highest BCUT2D eigenvalue weighted by Gasteiger charge is 2.58. The molecule has 0 radical (unpaired) electrons. The van der Waals surface area contributed by atoms with Crippen molar-refractivity contribution >= 4 is 11.9 Å². The first-order valence-corrected chi connectivity index (χ1v) is 11.6. The van der Waals surface area contributed by atoms with Crippen LogP contribution in [0.2, 0.25) is 0 Å². The molecule has 1 heterocycles. The molecular weight excluding hydrogens is 364 g/mol. The van der Waals surface area contributed by atoms with Crippen molar-refractivity contribution in [3.63, 3.8) is 0 Å². The monoisotopic (exact) mass is 398 g/mol. The van der Waals surface area contributed by atoms with Gasteiger partial charge >= 0.3 is 11.9 Å². The zero-order valence-corrected chi connectivity index (χ0v) is 18.0. The molecule has 7 atom stereocenters. The second-order valence-corrected chi connectivity index (χ2v) is 10.7. The second-order valence-electron chi connectivity index (χ2n) is 10.7. The van der Waals surface area contributed by atoms with Gasteiger partial charge in [0.2, 0.25) is 0 Å². The molecule has 4 heteroatoms. The van der Waals surface area contributed by atoms with Crippen LogP contribution >= 0.6 is 0 Å². The SMILES string of the molecule is CC(=O)O[C@H]1CC[C@@]2(C)[C@H](CC[C@H]3C4=CC[C@H](C5=CC(=O)OC5)[C@@]4(C)CC[C@@H]32)C1. The molecule has 29 heavy (non-hydrogen) atoms. The summed E-state index contributed by atoms with van der Waals surface area (Å²) in [6, 6.07) is 0. The highest BCUT2D eigenvalue weighted by molar-refractivity contribution is 5.85. The Morgan fingerprint density at radius 3 is 2.72 bits per heavy atom. The van der Waals surface area contributed by atoms with E-state index < -0.39 is 0 Å². The highest BCUT2D eigenvalue weighted by atomic mass is 16.5. The van der Waals surface area contributed by atoms with Gasteiger partial charge in [-0.1, -0.05) is 25.5 Å². The lowest BCUT2D eigenvalue weighted by atomic mass is 9.45. The minimum Gasteiger partial charge on any atom is -0.463 e. The number of fused-ring (bicyclic) bond motifs is 5. The van der Waals surface area contributed by atoms with Crippen LogP contribution in [-0.2, 0) is 19.1 Å². The van der Waals surface area contributed by atoms with E-state index in [0.29, 0.717) is 29.8 Å². The molecule has 4 nitrogen and oxygen atoms in total. The van der Waals surface area contributed by atoms with Gasteiger partial charge in [0.1, 0.15) is 12.7 Å². The molecule has 0 aromatic heterocycles. The third-order valence-corrected chi connectivity index (χ3v) is 9.48. The Hall–Kier alpha value is -1.58. The van der Waals surface area contributed by atoms with Gasteiger partial charge in [-0.3, -0.25) is 4.79 Å². The third kappa shape index (κ3) is 2.92. The quantitative estimate of drug-likeness (QED) is 0.486. The fraction of sp³-hybridized carbons (Fsp3) is 0.760. The molecule has 0 amide bonds. The lowest BCUT2D eigenvalue weighted by molar-refractivity contribution is -0.155. The van der Waals surface area contributed by atoms with Crippen LogP contribution in [-0.4, -0.2) is 24.6 Å². The van der Waals surface area contributed by atoms with Crippen molar-refractivity contribution in [1.82, 2.24) is 0 Å². The average molecular weight is 399 g/mol. The van der Waals surface area contributed by atoms with E-state index >= 15 is 0 Å². The van der Waals surface area contributed by atoms with Crippen molar-refractivity contribution in [1.29, 1.82) is 0 Å². The van der Waals surface area contributed by atoms with Gasteiger partial charge in [0.15, 0.2) is 0 Å². The van der Waals surface area contributed by atoms with Crippen LogP contribution in [0, 0.1) is 34.5 Å². The number of hydrogen-bond acceptors (Lipinski definition) is 4. The van der Waals surface area contributed by atoms with Crippen LogP contribution in [0.4, 0.5) is 0 Å². The largest absolute Gasteiger partial charge is 0.463 e. The Balaban J connectivity index is 1.36. The number of allylic oxidation sites excluding steroid dienone is 2. The molecule has 3 saturated carbocycles. The van der Waals surface area contributed by atoms with Gasteiger partial charge in [-0.2, -0.15) is 0 Å². The van der Waals surface area contributed by atoms with Gasteiger partial charge in [0, 0.05) is 13.0 Å². The zero-order valence-electron chi connectivity index (χ0n) is 18.0. The summed E-state index contributed by atoms with van der Waals surface area (Å²) < 4.78 is 10.8. The summed E-state index contributed by atoms with van der Waals surface area (Å²) in [4.78, 5) is 23.1. The number of hydrogen-bond donors (Lipinski definition) is 0. The number of carbonyl (C=O) groups excluding carboxylic acids is 2. The molecule has 0 bridgehead atoms. The van der Waals surface area contributed by atoms with Crippen molar-refractivity contribution < 1.29 is 19.1 Å². The van der Waals surface area contributed by atoms with E-state index in [2.05, 4.69) is 19.9 Å². The highest BCUT2D eigenvalue weighted by Crippen LogP contribution is 2.66. The molecule has 1 aliphatic heterocycles. The molecule has 0 N–H and O–H groups in total. The van der Waals surface area contributed by atoms with Gasteiger partial charge in [-0.25, -0.2) is 4.79 Å². The van der Waals surface area contributed by atoms with Crippen molar-refractivity contribution in [2.24, 2.45) is 34.5 Å². The standard InChI is InChI=1S/C25H34O4/c1-15(26)29-18-8-10-24(2)17(13-18)4-5-19-21-7-6-20(16-12-23(27)28-14-16)25(21,3)11-9-22(19)24/h7,12,17-20,22H,4-6,8-11,13-14H2,1-3H3/t17-,18+,19+,20-,22+,24+,25-/m1/s1. The minimum atomic E-state index is -0.164. The maximum atomic E-state index is 11.6. The lowest BCUT2D eigenvalue weighted by Gasteiger charge is -2.59. The number of rotatable bonds is 2. The topological polar surface area (TPSA) is 52.6 Å². The van der Waals surface area contributed by atoms with Gasteiger partial charge < -0.3 is 9.47 Å². The van der Waals surface area contributed by atoms with Gasteiger partial charge in [-0.05, 0) is 91.4 Å². The van der Waals surface area contributed by atoms with E-state index in [9.17, 15) is 9.59 Å². The summed E-state index contributed by atoms with van der Waals surface area (Å²) in [5.74, 6) is 2.24. The molecule has 0 spiro atoms. The Bertz CT molecular complexity index is 795. The predicted octanol–water partition coefficient (Wildman–Crippen LogP) is 4.98. The molecule has 0 aromatic rings. The Kier molecular flexibility index (Phi) is 4.49. The maximum Gasteiger partial charge on any atom is 0.331 e. The van der Waals surface area contributed by atoms with Crippen LogP contribution < -0.4 is 0 Å². The van der Waals surface area contributed by atoms with Crippen LogP contribution in [0.1, 0.15) is 72.1 Å². The molecule has 0 saturated heterocycles. The number of ether oxygens (including phenoxy) is 2. The summed E-state index contributed by atoms with van der Waals surface area (Å²) in [5, 5.41) is 0. The summed E-state index contributed by atoms with van der Waals surface area (Å²) in [7, 11) is 0. The molecule has 0 aromatic carbocycles. The molecule has 158 valence electrons. The molecular formula is C25H34O4. The van der Waals surface area contributed by atoms with Gasteiger partial charge in [-0.15, -0.1) is 0 Å². The van der Waals surface area contributed by atoms with Crippen molar-refractivity contribution in [3.8, 4) is 0 Å². The average Bonchev–Trinajstić information content (AvgIpc) is 3.24. The summed E-state index contributed by atoms with van der Waals surface area (Å²) in [5.41, 5.74) is 3.45. The first kappa shape index (κ1) is 19.4. The fourth-order valence-corrected chi connectivity index (χ4v) is 8.04. The second kappa shape index (κ2) is 6.72. The van der Waals surface area contributed by atoms with Gasteiger partial charge in [0.25, 0.3) is 0 Å². The van der Waals surface area contributed by atoms with Gasteiger partial charge in [0.05, 0.1) is 0 Å². The van der Waals surface area contributed by atoms with E-state index in [4.69, 9.17) is 9.47 Å². The Morgan fingerprint density at radius 2 is 2.00 bits per heavy atom. The third-order valence-electron chi connectivity index (χ3n) is 9.48. The number of carbonyl (C=O) groups is 2. The van der Waals surface area contributed by atoms with E-state index in [-0.39, 0.29) is 23.5 Å². The van der Waals surface area contributed by atoms with Crippen molar-refractivity contribution in [3.05, 3.63) is 23.3 Å². The van der Waals surface area contributed by atoms with E-state index in [1.807, 2.05) is 0 Å². The molecule has 5 rings (SSSR count). The molecule has 4 aliphatic carbocycles. The van der Waals surface area contributed by atoms with Crippen LogP contribution in [0.3, 0.4) is 0 Å². The van der Waals surface area contributed by atoms with Crippen LogP contribution in [0.25, 0.3) is 0 Å². The normalized spacial score (nSPS) is 46.0. The van der Waals surface area contributed by atoms with E-state index in [1.54, 1.807) is 11.6 Å². The smallest absolute Gasteiger partial charge is 0.331 e. The Labute approximate surface area is 174 Å². The molecule has 0 unspecified atom stereocenters. The van der Waals surface area contributed by atoms with Crippen LogP contribution in [0.15, 0.2) is 23.3 Å². The maximum absolute atomic E-state index is 11.6. The van der Waals surface area contributed by atoms with Crippen molar-refractivity contribution in [2.45, 2.75) is 78.2 Å². The Morgan fingerprint density at radius 1 is 1.17 bits per heavy atom. The van der Waals surface area contributed by atoms with Crippen molar-refractivity contribution in [2.75, 3.05) is 6.61 Å². The van der Waals surface area contributed by atoms with E-state index in [0.717, 1.165) is 25.2 Å². The van der Waals surface area contributed by atoms with Crippen LogP contribution in [0.5, 0.6) is 0 Å². The summed E-state index contributed by atoms with van der Waals surface area (Å²) >= 11 is 0. The zero-order chi connectivity index (χ0) is 20.4.